The summed E-state index contributed by atoms with van der Waals surface area (Å²) in [5.41, 5.74) is 1.80. The molecule has 0 spiro atoms. The van der Waals surface area contributed by atoms with Gasteiger partial charge in [-0.05, 0) is 42.0 Å². The number of methoxy groups -OCH3 is 2. The summed E-state index contributed by atoms with van der Waals surface area (Å²) in [5.74, 6) is -0.429. The van der Waals surface area contributed by atoms with Crippen LogP contribution in [0, 0.1) is 5.82 Å². The largest absolute Gasteiger partial charge is 0.496 e. The minimum atomic E-state index is -0.517. The molecule has 0 aliphatic carbocycles. The number of nitrogens with zero attached hydrogens (tertiary/aromatic N) is 1. The van der Waals surface area contributed by atoms with E-state index in [1.165, 1.54) is 38.5 Å². The van der Waals surface area contributed by atoms with Gasteiger partial charge in [0.1, 0.15) is 23.0 Å². The van der Waals surface area contributed by atoms with Gasteiger partial charge in [0.25, 0.3) is 11.8 Å². The number of carbonyl (C=O) groups excluding carboxylic acids is 2. The van der Waals surface area contributed by atoms with Crippen molar-refractivity contribution in [1.82, 2.24) is 4.90 Å². The lowest BCUT2D eigenvalue weighted by atomic mass is 10.0. The van der Waals surface area contributed by atoms with Crippen LogP contribution in [0.4, 0.5) is 10.1 Å². The van der Waals surface area contributed by atoms with Crippen LogP contribution in [0.2, 0.25) is 5.02 Å². The summed E-state index contributed by atoms with van der Waals surface area (Å²) in [4.78, 5) is 27.9. The molecule has 6 nitrogen and oxygen atoms in total. The van der Waals surface area contributed by atoms with Gasteiger partial charge in [0.15, 0.2) is 0 Å². The van der Waals surface area contributed by atoms with Crippen LogP contribution in [0.3, 0.4) is 0 Å². The van der Waals surface area contributed by atoms with Crippen molar-refractivity contribution in [1.29, 1.82) is 0 Å². The maximum absolute atomic E-state index is 13.5. The molecule has 33 heavy (non-hydrogen) atoms. The smallest absolute Gasteiger partial charge is 0.278 e. The van der Waals surface area contributed by atoms with E-state index in [0.717, 1.165) is 4.90 Å². The molecule has 1 aliphatic heterocycles. The van der Waals surface area contributed by atoms with E-state index in [-0.39, 0.29) is 17.8 Å². The predicted octanol–water partition coefficient (Wildman–Crippen LogP) is 4.89. The van der Waals surface area contributed by atoms with Gasteiger partial charge in [0.05, 0.1) is 31.4 Å². The summed E-state index contributed by atoms with van der Waals surface area (Å²) in [5, 5.41) is 3.37. The first-order valence-corrected chi connectivity index (χ1v) is 10.4. The average molecular weight is 467 g/mol. The first-order chi connectivity index (χ1) is 15.9. The van der Waals surface area contributed by atoms with Crippen molar-refractivity contribution in [3.63, 3.8) is 0 Å². The Labute approximate surface area is 195 Å². The lowest BCUT2D eigenvalue weighted by Crippen LogP contribution is -2.32. The molecule has 0 bridgehead atoms. The number of hydrogen-bond acceptors (Lipinski definition) is 5. The van der Waals surface area contributed by atoms with Crippen molar-refractivity contribution in [3.05, 3.63) is 94.4 Å². The van der Waals surface area contributed by atoms with Gasteiger partial charge in [-0.3, -0.25) is 14.5 Å². The molecule has 0 radical (unpaired) electrons. The summed E-state index contributed by atoms with van der Waals surface area (Å²) in [6, 6.07) is 17.5. The Balaban J connectivity index is 1.74. The third kappa shape index (κ3) is 4.40. The Morgan fingerprint density at radius 3 is 2.27 bits per heavy atom. The number of anilines is 1. The van der Waals surface area contributed by atoms with Crippen molar-refractivity contribution in [2.24, 2.45) is 0 Å². The van der Waals surface area contributed by atoms with E-state index in [0.29, 0.717) is 33.3 Å². The Bertz CT molecular complexity index is 1260. The summed E-state index contributed by atoms with van der Waals surface area (Å²) in [6.07, 6.45) is 0. The number of carbonyl (C=O) groups is 2. The van der Waals surface area contributed by atoms with Gasteiger partial charge in [-0.1, -0.05) is 41.9 Å². The summed E-state index contributed by atoms with van der Waals surface area (Å²) in [7, 11) is 3.02. The normalized spacial score (nSPS) is 13.5. The molecule has 1 heterocycles. The van der Waals surface area contributed by atoms with Crippen LogP contribution < -0.4 is 14.8 Å². The Kier molecular flexibility index (Phi) is 6.33. The van der Waals surface area contributed by atoms with Crippen LogP contribution >= 0.6 is 11.6 Å². The molecule has 2 amide bonds. The minimum Gasteiger partial charge on any atom is -0.496 e. The number of nitrogens with one attached hydrogen (secondary N) is 1. The fraction of sp³-hybridized carbons (Fsp3) is 0.120. The van der Waals surface area contributed by atoms with E-state index < -0.39 is 17.6 Å². The van der Waals surface area contributed by atoms with Crippen LogP contribution in [-0.4, -0.2) is 30.9 Å². The van der Waals surface area contributed by atoms with Gasteiger partial charge < -0.3 is 14.8 Å². The molecule has 0 unspecified atom stereocenters. The molecule has 0 atom stereocenters. The number of ether oxygens (including phenoxy) is 2. The van der Waals surface area contributed by atoms with Crippen molar-refractivity contribution < 1.29 is 23.5 Å². The van der Waals surface area contributed by atoms with E-state index in [2.05, 4.69) is 5.32 Å². The number of amides is 2. The van der Waals surface area contributed by atoms with E-state index >= 15 is 0 Å². The molecule has 0 aromatic heterocycles. The number of benzene rings is 3. The van der Waals surface area contributed by atoms with Crippen LogP contribution in [0.5, 0.6) is 11.5 Å². The highest BCUT2D eigenvalue weighted by Gasteiger charge is 2.39. The van der Waals surface area contributed by atoms with Crippen LogP contribution in [-0.2, 0) is 16.1 Å². The third-order valence-electron chi connectivity index (χ3n) is 5.24. The van der Waals surface area contributed by atoms with E-state index in [1.54, 1.807) is 42.5 Å². The third-order valence-corrected chi connectivity index (χ3v) is 5.54. The molecule has 0 saturated carbocycles. The zero-order valence-electron chi connectivity index (χ0n) is 17.9. The van der Waals surface area contributed by atoms with Crippen molar-refractivity contribution in [2.45, 2.75) is 6.54 Å². The Morgan fingerprint density at radius 2 is 1.61 bits per heavy atom. The minimum absolute atomic E-state index is 0.0148. The molecule has 0 fully saturated rings. The zero-order chi connectivity index (χ0) is 23.5. The van der Waals surface area contributed by atoms with Gasteiger partial charge in [-0.2, -0.15) is 0 Å². The number of para-hydroxylation sites is 1. The van der Waals surface area contributed by atoms with Gasteiger partial charge >= 0.3 is 0 Å². The fourth-order valence-corrected chi connectivity index (χ4v) is 3.87. The Morgan fingerprint density at radius 1 is 0.909 bits per heavy atom. The lowest BCUT2D eigenvalue weighted by molar-refractivity contribution is -0.137. The highest BCUT2D eigenvalue weighted by Crippen LogP contribution is 2.34. The number of imide groups is 1. The predicted molar refractivity (Wildman–Crippen MR) is 123 cm³/mol. The number of halogens is 2. The Hall–Kier alpha value is -3.84. The van der Waals surface area contributed by atoms with Crippen molar-refractivity contribution in [3.8, 4) is 11.5 Å². The molecular formula is C25H20ClFN2O4. The highest BCUT2D eigenvalue weighted by molar-refractivity contribution is 6.36. The van der Waals surface area contributed by atoms with Crippen LogP contribution in [0.25, 0.3) is 5.57 Å². The highest BCUT2D eigenvalue weighted by atomic mass is 35.5. The topological polar surface area (TPSA) is 67.9 Å². The fourth-order valence-electron chi connectivity index (χ4n) is 3.61. The molecule has 1 aliphatic rings. The van der Waals surface area contributed by atoms with Crippen molar-refractivity contribution in [2.75, 3.05) is 19.5 Å². The van der Waals surface area contributed by atoms with Gasteiger partial charge in [-0.25, -0.2) is 4.39 Å². The molecule has 168 valence electrons. The molecule has 0 saturated heterocycles. The summed E-state index contributed by atoms with van der Waals surface area (Å²) >= 11 is 6.22. The average Bonchev–Trinajstić information content (AvgIpc) is 3.04. The monoisotopic (exact) mass is 466 g/mol. The number of hydrogen-bond donors (Lipinski definition) is 1. The molecule has 3 aromatic carbocycles. The van der Waals surface area contributed by atoms with Crippen LogP contribution in [0.15, 0.2) is 72.4 Å². The lowest BCUT2D eigenvalue weighted by Gasteiger charge is -2.17. The summed E-state index contributed by atoms with van der Waals surface area (Å²) in [6.45, 7) is 0.0148. The second-order valence-corrected chi connectivity index (χ2v) is 7.65. The maximum atomic E-state index is 13.5. The second kappa shape index (κ2) is 9.34. The first kappa shape index (κ1) is 22.4. The maximum Gasteiger partial charge on any atom is 0.278 e. The SMILES string of the molecule is COc1ccc(NC2=C(c3ccc(F)cc3)C(=O)N(Cc3ccccc3OC)C2=O)cc1Cl. The van der Waals surface area contributed by atoms with Gasteiger partial charge in [-0.15, -0.1) is 0 Å². The first-order valence-electron chi connectivity index (χ1n) is 10.0. The van der Waals surface area contributed by atoms with Gasteiger partial charge in [0, 0.05) is 11.3 Å². The molecular weight excluding hydrogens is 447 g/mol. The zero-order valence-corrected chi connectivity index (χ0v) is 18.7. The van der Waals surface area contributed by atoms with E-state index in [9.17, 15) is 14.0 Å². The van der Waals surface area contributed by atoms with Crippen molar-refractivity contribution >= 4 is 34.7 Å². The quantitative estimate of drug-likeness (QED) is 0.502. The molecule has 1 N–H and O–H groups in total. The van der Waals surface area contributed by atoms with Crippen LogP contribution in [0.1, 0.15) is 11.1 Å². The molecule has 8 heteroatoms. The number of rotatable bonds is 7. The molecule has 3 aromatic rings. The molecule has 4 rings (SSSR count). The second-order valence-electron chi connectivity index (χ2n) is 7.24. The summed E-state index contributed by atoms with van der Waals surface area (Å²) < 4.78 is 24.0. The van der Waals surface area contributed by atoms with E-state index in [4.69, 9.17) is 21.1 Å². The van der Waals surface area contributed by atoms with Gasteiger partial charge in [0.2, 0.25) is 0 Å². The van der Waals surface area contributed by atoms with E-state index in [1.807, 2.05) is 0 Å². The standard InChI is InChI=1S/C25H20ClFN2O4/c1-32-20-6-4-3-5-16(20)14-29-24(30)22(15-7-9-17(27)10-8-15)23(25(29)31)28-18-11-12-21(33-2)19(26)13-18/h3-13,28H,14H2,1-2H3.